The highest BCUT2D eigenvalue weighted by atomic mass is 16.1. The fourth-order valence-corrected chi connectivity index (χ4v) is 3.83. The Bertz CT molecular complexity index is 1260. The maximum atomic E-state index is 12.4. The average Bonchev–Trinajstić information content (AvgIpc) is 3.19. The zero-order chi connectivity index (χ0) is 18.5. The van der Waals surface area contributed by atoms with Gasteiger partial charge in [0, 0.05) is 43.0 Å². The van der Waals surface area contributed by atoms with Gasteiger partial charge in [-0.2, -0.15) is 9.61 Å². The molecule has 0 fully saturated rings. The Morgan fingerprint density at radius 3 is 2.78 bits per heavy atom. The first-order valence-electron chi connectivity index (χ1n) is 9.08. The monoisotopic (exact) mass is 360 g/mol. The molecule has 0 unspecified atom stereocenters. The number of fused-ring (bicyclic) bond motifs is 2. The second-order valence-corrected chi connectivity index (χ2v) is 6.99. The maximum Gasteiger partial charge on any atom is 0.330 e. The summed E-state index contributed by atoms with van der Waals surface area (Å²) < 4.78 is 3.69. The van der Waals surface area contributed by atoms with Crippen molar-refractivity contribution in [3.63, 3.8) is 0 Å². The smallest absolute Gasteiger partial charge is 0.330 e. The first kappa shape index (κ1) is 15.9. The summed E-state index contributed by atoms with van der Waals surface area (Å²) in [4.78, 5) is 22.2. The van der Waals surface area contributed by atoms with Gasteiger partial charge in [0.1, 0.15) is 5.82 Å². The van der Waals surface area contributed by atoms with E-state index in [-0.39, 0.29) is 5.69 Å². The van der Waals surface area contributed by atoms with E-state index in [0.717, 1.165) is 59.1 Å². The average molecular weight is 360 g/mol. The van der Waals surface area contributed by atoms with Crippen molar-refractivity contribution in [3.05, 3.63) is 64.3 Å². The van der Waals surface area contributed by atoms with Crippen LogP contribution in [0.3, 0.4) is 0 Å². The molecule has 0 saturated carbocycles. The summed E-state index contributed by atoms with van der Waals surface area (Å²) in [5.74, 6) is 1.03. The number of hydrogen-bond donors (Lipinski definition) is 1. The molecule has 0 spiro atoms. The highest BCUT2D eigenvalue weighted by Crippen LogP contribution is 2.24. The Balaban J connectivity index is 1.53. The quantitative estimate of drug-likeness (QED) is 0.597. The molecule has 7 nitrogen and oxygen atoms in total. The van der Waals surface area contributed by atoms with Crippen LogP contribution in [0.4, 0.5) is 5.82 Å². The molecule has 0 amide bonds. The summed E-state index contributed by atoms with van der Waals surface area (Å²) >= 11 is 0. The largest absolute Gasteiger partial charge is 0.352 e. The molecule has 1 aliphatic heterocycles. The first-order chi connectivity index (χ1) is 13.1. The summed E-state index contributed by atoms with van der Waals surface area (Å²) in [7, 11) is 0. The topological polar surface area (TPSA) is 71.2 Å². The summed E-state index contributed by atoms with van der Waals surface area (Å²) in [5.41, 5.74) is 5.53. The van der Waals surface area contributed by atoms with Crippen LogP contribution in [-0.2, 0) is 0 Å². The Hall–Kier alpha value is -3.35. The molecule has 3 aromatic heterocycles. The van der Waals surface area contributed by atoms with E-state index in [1.807, 2.05) is 48.7 Å². The summed E-state index contributed by atoms with van der Waals surface area (Å²) in [6.07, 6.45) is 2.91. The molecule has 7 heteroatoms. The number of aromatic amines is 1. The normalized spacial score (nSPS) is 14.9. The molecule has 1 N–H and O–H groups in total. The molecule has 0 radical (unpaired) electrons. The molecular formula is C20H20N6O. The second-order valence-electron chi connectivity index (χ2n) is 6.99. The van der Waals surface area contributed by atoms with Crippen LogP contribution < -0.4 is 10.6 Å². The number of nitrogens with one attached hydrogen (secondary N) is 1. The van der Waals surface area contributed by atoms with Crippen molar-refractivity contribution < 1.29 is 0 Å². The van der Waals surface area contributed by atoms with Crippen LogP contribution in [0.1, 0.15) is 17.8 Å². The predicted molar refractivity (Wildman–Crippen MR) is 106 cm³/mol. The molecule has 0 bridgehead atoms. The molecule has 0 saturated heterocycles. The fraction of sp³-hybridized carbons (Fsp3) is 0.250. The summed E-state index contributed by atoms with van der Waals surface area (Å²) in [6, 6.07) is 11.9. The molecule has 0 atom stereocenters. The predicted octanol–water partition coefficient (Wildman–Crippen LogP) is 2.74. The van der Waals surface area contributed by atoms with E-state index in [4.69, 9.17) is 0 Å². The van der Waals surface area contributed by atoms with E-state index in [9.17, 15) is 4.79 Å². The Morgan fingerprint density at radius 2 is 1.96 bits per heavy atom. The number of hydrogen-bond acceptors (Lipinski definition) is 4. The van der Waals surface area contributed by atoms with Crippen molar-refractivity contribution >= 4 is 28.2 Å². The lowest BCUT2D eigenvalue weighted by Crippen LogP contribution is -2.32. The Morgan fingerprint density at radius 1 is 1.11 bits per heavy atom. The lowest BCUT2D eigenvalue weighted by molar-refractivity contribution is 0.756. The van der Waals surface area contributed by atoms with Crippen LogP contribution in [0.5, 0.6) is 0 Å². The zero-order valence-corrected chi connectivity index (χ0v) is 15.3. The minimum absolute atomic E-state index is 0.0826. The van der Waals surface area contributed by atoms with Crippen LogP contribution in [0.15, 0.2) is 47.3 Å². The van der Waals surface area contributed by atoms with Gasteiger partial charge in [-0.3, -0.25) is 4.57 Å². The van der Waals surface area contributed by atoms with Crippen LogP contribution in [0, 0.1) is 13.8 Å². The number of aromatic nitrogens is 5. The van der Waals surface area contributed by atoms with Gasteiger partial charge in [-0.15, -0.1) is 0 Å². The van der Waals surface area contributed by atoms with Crippen molar-refractivity contribution in [1.82, 2.24) is 24.1 Å². The standard InChI is InChI=1S/C20H20N6O/c1-13-12-19(26-18(21-13)11-14(2)23-26)24-9-7-15(8-10-24)25-17-6-4-3-5-16(17)22-20(25)27/h3-7,11-12H,8-10H2,1-2H3,(H,22,27). The van der Waals surface area contributed by atoms with Gasteiger partial charge in [0.25, 0.3) is 0 Å². The van der Waals surface area contributed by atoms with Gasteiger partial charge in [0.05, 0.1) is 16.7 Å². The number of benzene rings is 1. The van der Waals surface area contributed by atoms with Gasteiger partial charge in [0.2, 0.25) is 0 Å². The molecule has 1 aliphatic rings. The molecular weight excluding hydrogens is 340 g/mol. The van der Waals surface area contributed by atoms with Gasteiger partial charge in [-0.25, -0.2) is 9.78 Å². The van der Waals surface area contributed by atoms with E-state index in [1.54, 1.807) is 4.57 Å². The van der Waals surface area contributed by atoms with Gasteiger partial charge in [-0.1, -0.05) is 12.1 Å². The Labute approximate surface area is 155 Å². The number of rotatable bonds is 2. The first-order valence-corrected chi connectivity index (χ1v) is 9.08. The number of nitrogens with zero attached hydrogens (tertiary/aromatic N) is 5. The third kappa shape index (κ3) is 2.54. The van der Waals surface area contributed by atoms with Crippen LogP contribution in [0.2, 0.25) is 0 Å². The summed E-state index contributed by atoms with van der Waals surface area (Å²) in [6.45, 7) is 5.52. The third-order valence-corrected chi connectivity index (χ3v) is 5.04. The van der Waals surface area contributed by atoms with Crippen LogP contribution in [-0.4, -0.2) is 37.2 Å². The van der Waals surface area contributed by atoms with Crippen LogP contribution >= 0.6 is 0 Å². The molecule has 0 aliphatic carbocycles. The number of para-hydroxylation sites is 2. The molecule has 5 rings (SSSR count). The molecule has 136 valence electrons. The fourth-order valence-electron chi connectivity index (χ4n) is 3.83. The van der Waals surface area contributed by atoms with Gasteiger partial charge < -0.3 is 9.88 Å². The third-order valence-electron chi connectivity index (χ3n) is 5.04. The SMILES string of the molecule is Cc1cc(N2CC=C(n3c(=O)[nH]c4ccccc43)CC2)n2nc(C)cc2n1. The van der Waals surface area contributed by atoms with Crippen molar-refractivity contribution in [3.8, 4) is 0 Å². The van der Waals surface area contributed by atoms with E-state index in [0.29, 0.717) is 0 Å². The number of anilines is 1. The zero-order valence-electron chi connectivity index (χ0n) is 15.3. The molecule has 4 aromatic rings. The van der Waals surface area contributed by atoms with E-state index in [1.165, 1.54) is 0 Å². The van der Waals surface area contributed by atoms with Gasteiger partial charge in [0.15, 0.2) is 5.65 Å². The van der Waals surface area contributed by atoms with Crippen molar-refractivity contribution in [2.24, 2.45) is 0 Å². The minimum atomic E-state index is -0.0826. The highest BCUT2D eigenvalue weighted by molar-refractivity contribution is 5.79. The van der Waals surface area contributed by atoms with E-state index in [2.05, 4.69) is 32.1 Å². The minimum Gasteiger partial charge on any atom is -0.352 e. The highest BCUT2D eigenvalue weighted by Gasteiger charge is 2.19. The molecule has 1 aromatic carbocycles. The van der Waals surface area contributed by atoms with E-state index < -0.39 is 0 Å². The molecule has 27 heavy (non-hydrogen) atoms. The molecule has 4 heterocycles. The van der Waals surface area contributed by atoms with Crippen molar-refractivity contribution in [2.45, 2.75) is 20.3 Å². The Kier molecular flexibility index (Phi) is 3.43. The number of aryl methyl sites for hydroxylation is 2. The number of H-pyrrole nitrogens is 1. The van der Waals surface area contributed by atoms with Gasteiger partial charge >= 0.3 is 5.69 Å². The second kappa shape index (κ2) is 5.84. The summed E-state index contributed by atoms with van der Waals surface area (Å²) in [5, 5.41) is 4.58. The lowest BCUT2D eigenvalue weighted by Gasteiger charge is -2.28. The number of imidazole rings is 1. The van der Waals surface area contributed by atoms with Gasteiger partial charge in [-0.05, 0) is 32.1 Å². The van der Waals surface area contributed by atoms with Crippen molar-refractivity contribution in [2.75, 3.05) is 18.0 Å². The lowest BCUT2D eigenvalue weighted by atomic mass is 10.2. The van der Waals surface area contributed by atoms with E-state index >= 15 is 0 Å². The van der Waals surface area contributed by atoms with Crippen LogP contribution in [0.25, 0.3) is 22.4 Å². The maximum absolute atomic E-state index is 12.4. The van der Waals surface area contributed by atoms with Crippen molar-refractivity contribution in [1.29, 1.82) is 0 Å².